The summed E-state index contributed by atoms with van der Waals surface area (Å²) in [5.41, 5.74) is 11.3. The van der Waals surface area contributed by atoms with E-state index < -0.39 is 0 Å². The van der Waals surface area contributed by atoms with E-state index in [-0.39, 0.29) is 0 Å². The molecule has 3 nitrogen and oxygen atoms in total. The van der Waals surface area contributed by atoms with Crippen molar-refractivity contribution in [2.45, 2.75) is 0 Å². The van der Waals surface area contributed by atoms with Gasteiger partial charge >= 0.3 is 0 Å². The van der Waals surface area contributed by atoms with E-state index in [0.717, 1.165) is 27.6 Å². The summed E-state index contributed by atoms with van der Waals surface area (Å²) in [4.78, 5) is 0. The molecule has 0 aliphatic rings. The lowest BCUT2D eigenvalue weighted by atomic mass is 10.0. The maximum atomic E-state index is 6.36. The molecule has 10 rings (SSSR count). The lowest BCUT2D eigenvalue weighted by molar-refractivity contribution is 0.669. The van der Waals surface area contributed by atoms with Crippen LogP contribution in [0.3, 0.4) is 0 Å². The van der Waals surface area contributed by atoms with Gasteiger partial charge in [0, 0.05) is 43.7 Å². The Morgan fingerprint density at radius 2 is 0.778 bits per heavy atom. The zero-order valence-corrected chi connectivity index (χ0v) is 24.3. The highest BCUT2D eigenvalue weighted by Crippen LogP contribution is 2.39. The van der Waals surface area contributed by atoms with Crippen LogP contribution in [-0.4, -0.2) is 9.13 Å². The van der Waals surface area contributed by atoms with Gasteiger partial charge in [-0.2, -0.15) is 0 Å². The van der Waals surface area contributed by atoms with Gasteiger partial charge in [-0.3, -0.25) is 0 Å². The molecule has 0 saturated carbocycles. The lowest BCUT2D eigenvalue weighted by Crippen LogP contribution is -1.93. The highest BCUT2D eigenvalue weighted by molar-refractivity contribution is 6.12. The Hall–Kier alpha value is -6.06. The van der Waals surface area contributed by atoms with Crippen molar-refractivity contribution in [3.8, 4) is 22.5 Å². The molecule has 7 aromatic carbocycles. The molecule has 0 atom stereocenters. The standard InChI is InChI=1S/C42H26N2O/c1-2-10-29(11-3-1)43-39-17-9-6-14-33(39)34-24-27(18-21-40(34)43)28-19-22-41-35(25-28)36-26-30(20-23-42(36)45-41)44-37-15-7-4-12-31(37)32-13-5-8-16-38(32)44/h1-26H. The van der Waals surface area contributed by atoms with E-state index in [4.69, 9.17) is 4.42 Å². The first-order chi connectivity index (χ1) is 22.3. The minimum Gasteiger partial charge on any atom is -0.456 e. The summed E-state index contributed by atoms with van der Waals surface area (Å²) in [6.45, 7) is 0. The molecule has 210 valence electrons. The summed E-state index contributed by atoms with van der Waals surface area (Å²) in [6, 6.07) is 56.5. The van der Waals surface area contributed by atoms with Crippen LogP contribution in [-0.2, 0) is 0 Å². The largest absolute Gasteiger partial charge is 0.456 e. The molecule has 0 N–H and O–H groups in total. The van der Waals surface area contributed by atoms with Gasteiger partial charge in [-0.05, 0) is 83.9 Å². The molecule has 0 aliphatic carbocycles. The predicted octanol–water partition coefficient (Wildman–Crippen LogP) is 11.4. The molecule has 0 aliphatic heterocycles. The lowest BCUT2D eigenvalue weighted by Gasteiger charge is -2.08. The number of furan rings is 1. The third-order valence-electron chi connectivity index (χ3n) is 9.31. The number of para-hydroxylation sites is 4. The van der Waals surface area contributed by atoms with Gasteiger partial charge in [-0.25, -0.2) is 0 Å². The molecule has 3 heteroatoms. The van der Waals surface area contributed by atoms with E-state index in [1.54, 1.807) is 0 Å². The van der Waals surface area contributed by atoms with Gasteiger partial charge in [0.2, 0.25) is 0 Å². The normalized spacial score (nSPS) is 12.0. The predicted molar refractivity (Wildman–Crippen MR) is 188 cm³/mol. The minimum atomic E-state index is 0.896. The summed E-state index contributed by atoms with van der Waals surface area (Å²) in [7, 11) is 0. The maximum Gasteiger partial charge on any atom is 0.135 e. The van der Waals surface area contributed by atoms with Crippen LogP contribution in [0.1, 0.15) is 0 Å². The fourth-order valence-electron chi connectivity index (χ4n) is 7.29. The van der Waals surface area contributed by atoms with Crippen LogP contribution in [0.2, 0.25) is 0 Å². The van der Waals surface area contributed by atoms with Crippen LogP contribution in [0, 0.1) is 0 Å². The molecule has 0 bridgehead atoms. The first-order valence-electron chi connectivity index (χ1n) is 15.4. The quantitative estimate of drug-likeness (QED) is 0.206. The zero-order chi connectivity index (χ0) is 29.5. The number of aromatic nitrogens is 2. The molecular formula is C42H26N2O. The van der Waals surface area contributed by atoms with Crippen molar-refractivity contribution in [3.05, 3.63) is 158 Å². The highest BCUT2D eigenvalue weighted by Gasteiger charge is 2.16. The Morgan fingerprint density at radius 1 is 0.311 bits per heavy atom. The van der Waals surface area contributed by atoms with Crippen molar-refractivity contribution in [2.24, 2.45) is 0 Å². The second kappa shape index (κ2) is 9.22. The monoisotopic (exact) mass is 574 g/mol. The summed E-state index contributed by atoms with van der Waals surface area (Å²) >= 11 is 0. The molecule has 45 heavy (non-hydrogen) atoms. The number of nitrogens with zero attached hydrogens (tertiary/aromatic N) is 2. The number of hydrogen-bond donors (Lipinski definition) is 0. The Labute approximate surface area is 258 Å². The average molecular weight is 575 g/mol. The van der Waals surface area contributed by atoms with Crippen molar-refractivity contribution < 1.29 is 4.42 Å². The summed E-state index contributed by atoms with van der Waals surface area (Å²) in [5.74, 6) is 0. The fourth-order valence-corrected chi connectivity index (χ4v) is 7.29. The third kappa shape index (κ3) is 3.52. The topological polar surface area (TPSA) is 23.0 Å². The van der Waals surface area contributed by atoms with Crippen LogP contribution < -0.4 is 0 Å². The van der Waals surface area contributed by atoms with Crippen molar-refractivity contribution in [1.29, 1.82) is 0 Å². The van der Waals surface area contributed by atoms with E-state index in [0.29, 0.717) is 0 Å². The van der Waals surface area contributed by atoms with Gasteiger partial charge in [-0.15, -0.1) is 0 Å². The highest BCUT2D eigenvalue weighted by atomic mass is 16.3. The average Bonchev–Trinajstić information content (AvgIpc) is 3.75. The summed E-state index contributed by atoms with van der Waals surface area (Å²) in [5, 5.41) is 7.26. The molecule has 0 amide bonds. The summed E-state index contributed by atoms with van der Waals surface area (Å²) < 4.78 is 11.1. The van der Waals surface area contributed by atoms with Crippen LogP contribution >= 0.6 is 0 Å². The van der Waals surface area contributed by atoms with E-state index in [9.17, 15) is 0 Å². The first kappa shape index (κ1) is 24.4. The maximum absolute atomic E-state index is 6.36. The van der Waals surface area contributed by atoms with Gasteiger partial charge in [0.15, 0.2) is 0 Å². The van der Waals surface area contributed by atoms with Crippen molar-refractivity contribution in [3.63, 3.8) is 0 Å². The van der Waals surface area contributed by atoms with Crippen LogP contribution in [0.5, 0.6) is 0 Å². The van der Waals surface area contributed by atoms with Crippen molar-refractivity contribution in [1.82, 2.24) is 9.13 Å². The molecule has 3 aromatic heterocycles. The fraction of sp³-hybridized carbons (Fsp3) is 0. The number of fused-ring (bicyclic) bond motifs is 9. The second-order valence-corrected chi connectivity index (χ2v) is 11.8. The number of rotatable bonds is 3. The molecule has 0 spiro atoms. The van der Waals surface area contributed by atoms with Gasteiger partial charge in [0.25, 0.3) is 0 Å². The van der Waals surface area contributed by atoms with E-state index >= 15 is 0 Å². The van der Waals surface area contributed by atoms with Gasteiger partial charge in [-0.1, -0.05) is 84.9 Å². The molecule has 10 aromatic rings. The number of hydrogen-bond acceptors (Lipinski definition) is 1. The Balaban J connectivity index is 1.16. The molecule has 0 radical (unpaired) electrons. The van der Waals surface area contributed by atoms with E-state index in [2.05, 4.69) is 167 Å². The zero-order valence-electron chi connectivity index (χ0n) is 24.3. The Kier molecular flexibility index (Phi) is 5.00. The Morgan fingerprint density at radius 3 is 1.44 bits per heavy atom. The van der Waals surface area contributed by atoms with Gasteiger partial charge < -0.3 is 13.6 Å². The molecule has 0 saturated heterocycles. The molecule has 0 fully saturated rings. The van der Waals surface area contributed by atoms with Crippen molar-refractivity contribution in [2.75, 3.05) is 0 Å². The SMILES string of the molecule is c1ccc(-n2c3ccccc3c3cc(-c4ccc5oc6ccc(-n7c8ccccc8c8ccccc87)cc6c5c4)ccc32)cc1. The van der Waals surface area contributed by atoms with Crippen LogP contribution in [0.4, 0.5) is 0 Å². The molecule has 0 unspecified atom stereocenters. The van der Waals surface area contributed by atoms with Crippen LogP contribution in [0.15, 0.2) is 162 Å². The summed E-state index contributed by atoms with van der Waals surface area (Å²) in [6.07, 6.45) is 0. The smallest absolute Gasteiger partial charge is 0.135 e. The van der Waals surface area contributed by atoms with Gasteiger partial charge in [0.05, 0.1) is 22.1 Å². The van der Waals surface area contributed by atoms with Gasteiger partial charge in [0.1, 0.15) is 11.2 Å². The van der Waals surface area contributed by atoms with E-state index in [1.165, 1.54) is 60.4 Å². The van der Waals surface area contributed by atoms with E-state index in [1.807, 2.05) is 0 Å². The molecule has 3 heterocycles. The second-order valence-electron chi connectivity index (χ2n) is 11.8. The van der Waals surface area contributed by atoms with Crippen molar-refractivity contribution >= 4 is 65.6 Å². The Bertz CT molecular complexity index is 2710. The number of benzene rings is 7. The molecular weight excluding hydrogens is 548 g/mol. The van der Waals surface area contributed by atoms with Crippen LogP contribution in [0.25, 0.3) is 88.1 Å². The minimum absolute atomic E-state index is 0.896. The third-order valence-corrected chi connectivity index (χ3v) is 9.31. The first-order valence-corrected chi connectivity index (χ1v) is 15.4.